The zero-order valence-corrected chi connectivity index (χ0v) is 31.4. The summed E-state index contributed by atoms with van der Waals surface area (Å²) < 4.78 is 17.6. The monoisotopic (exact) mass is 704 g/mol. The summed E-state index contributed by atoms with van der Waals surface area (Å²) in [5.74, 6) is 1.11. The number of H-pyrrole nitrogens is 2. The average molecular weight is 705 g/mol. The first kappa shape index (κ1) is 33.7. The van der Waals surface area contributed by atoms with Gasteiger partial charge in [-0.05, 0) is 93.2 Å². The van der Waals surface area contributed by atoms with E-state index >= 15 is 0 Å². The Morgan fingerprint density at radius 1 is 1.02 bits per heavy atom. The number of hydrogen-bond acceptors (Lipinski definition) is 7. The molecule has 6 heterocycles. The molecule has 1 unspecified atom stereocenters. The van der Waals surface area contributed by atoms with Crippen molar-refractivity contribution in [2.45, 2.75) is 75.8 Å². The van der Waals surface area contributed by atoms with Gasteiger partial charge in [-0.3, -0.25) is 19.4 Å². The van der Waals surface area contributed by atoms with Crippen LogP contribution >= 0.6 is 0 Å². The number of ether oxygens (including phenoxy) is 3. The fourth-order valence-corrected chi connectivity index (χ4v) is 12.1. The van der Waals surface area contributed by atoms with Crippen LogP contribution in [0.25, 0.3) is 21.8 Å². The van der Waals surface area contributed by atoms with Crippen molar-refractivity contribution in [2.75, 3.05) is 48.0 Å². The summed E-state index contributed by atoms with van der Waals surface area (Å²) in [6.45, 7) is 7.17. The van der Waals surface area contributed by atoms with Gasteiger partial charge in [0.2, 0.25) is 0 Å². The molecule has 3 saturated heterocycles. The molecule has 2 aromatic heterocycles. The second-order valence-electron chi connectivity index (χ2n) is 16.3. The van der Waals surface area contributed by atoms with E-state index in [-0.39, 0.29) is 41.8 Å². The number of para-hydroxylation sites is 1. The third-order valence-electron chi connectivity index (χ3n) is 14.1. The second kappa shape index (κ2) is 12.5. The Labute approximate surface area is 306 Å². The maximum absolute atomic E-state index is 14.2. The number of esters is 2. The lowest BCUT2D eigenvalue weighted by Crippen LogP contribution is -2.67. The van der Waals surface area contributed by atoms with Crippen LogP contribution in [0.4, 0.5) is 0 Å². The van der Waals surface area contributed by atoms with Crippen LogP contribution in [0.3, 0.4) is 0 Å². The van der Waals surface area contributed by atoms with Crippen molar-refractivity contribution < 1.29 is 23.8 Å². The van der Waals surface area contributed by atoms with Crippen molar-refractivity contribution in [1.29, 1.82) is 0 Å². The molecule has 4 aliphatic heterocycles. The molecule has 274 valence electrons. The van der Waals surface area contributed by atoms with Gasteiger partial charge in [0.1, 0.15) is 11.2 Å². The number of carbonyl (C=O) groups is 2. The first-order valence-corrected chi connectivity index (χ1v) is 19.3. The molecule has 6 bridgehead atoms. The summed E-state index contributed by atoms with van der Waals surface area (Å²) in [5, 5.41) is 2.32. The third kappa shape index (κ3) is 4.67. The van der Waals surface area contributed by atoms with E-state index < -0.39 is 5.41 Å². The fourth-order valence-electron chi connectivity index (χ4n) is 12.1. The molecule has 4 aromatic rings. The number of piperidine rings is 3. The zero-order chi connectivity index (χ0) is 36.1. The van der Waals surface area contributed by atoms with E-state index in [2.05, 4.69) is 83.1 Å². The maximum Gasteiger partial charge on any atom is 0.319 e. The summed E-state index contributed by atoms with van der Waals surface area (Å²) in [6.07, 6.45) is 7.59. The Morgan fingerprint density at radius 2 is 1.85 bits per heavy atom. The van der Waals surface area contributed by atoms with E-state index in [1.54, 1.807) is 14.2 Å². The minimum Gasteiger partial charge on any atom is -0.496 e. The summed E-state index contributed by atoms with van der Waals surface area (Å²) in [5.41, 5.74) is 8.48. The summed E-state index contributed by atoms with van der Waals surface area (Å²) in [6, 6.07) is 13.2. The molecule has 6 aliphatic rings. The number of carbonyl (C=O) groups excluding carboxylic acids is 2. The molecular formula is C43H52N4O5. The first-order valence-electron chi connectivity index (χ1n) is 19.3. The van der Waals surface area contributed by atoms with Gasteiger partial charge in [0.15, 0.2) is 0 Å². The standard InChI is InChI=1S/C43H52N4O5/c1-7-24-15-23-20-43(42(49)52-6)39-27(13-14-47(21-23)40(24)43)29-19-36(50-4)30(17-34(29)45-39)31-16-28-25(8-2)22-46(3)35(37(28)41(48)51-5)18-32-26-11-9-10-12-33(26)44-38(31)32/h8-12,17,19,23-24,28,31,35,37,40,44-45H,7,13-16,18,20-22H2,1-6H3/b25-8+/t23-,24+,28+,31+,35+,37+,40+,43-/m1/s1. The van der Waals surface area contributed by atoms with Gasteiger partial charge in [-0.15, -0.1) is 0 Å². The van der Waals surface area contributed by atoms with Gasteiger partial charge >= 0.3 is 11.9 Å². The van der Waals surface area contributed by atoms with Gasteiger partial charge in [0, 0.05) is 76.4 Å². The number of methoxy groups -OCH3 is 3. The number of benzene rings is 2. The highest BCUT2D eigenvalue weighted by atomic mass is 16.5. The molecule has 9 heteroatoms. The van der Waals surface area contributed by atoms with Crippen LogP contribution in [0.5, 0.6) is 5.75 Å². The number of allylic oxidation sites excluding steroid dienone is 1. The Hall–Kier alpha value is -4.08. The Kier molecular flexibility index (Phi) is 8.12. The number of aromatic nitrogens is 2. The average Bonchev–Trinajstić information content (AvgIpc) is 3.69. The Morgan fingerprint density at radius 3 is 2.60 bits per heavy atom. The van der Waals surface area contributed by atoms with Gasteiger partial charge in [-0.25, -0.2) is 0 Å². The van der Waals surface area contributed by atoms with Crippen molar-refractivity contribution >= 4 is 33.7 Å². The molecule has 10 rings (SSSR count). The minimum atomic E-state index is -0.725. The van der Waals surface area contributed by atoms with Gasteiger partial charge in [-0.2, -0.15) is 0 Å². The molecule has 0 spiro atoms. The minimum absolute atomic E-state index is 0.00122. The van der Waals surface area contributed by atoms with E-state index in [0.29, 0.717) is 11.8 Å². The number of likely N-dealkylation sites (N-methyl/N-ethyl adjacent to an activating group) is 1. The topological polar surface area (TPSA) is 99.9 Å². The van der Waals surface area contributed by atoms with Gasteiger partial charge < -0.3 is 24.2 Å². The van der Waals surface area contributed by atoms with Crippen LogP contribution < -0.4 is 4.74 Å². The molecule has 1 saturated carbocycles. The van der Waals surface area contributed by atoms with Crippen molar-refractivity contribution in [3.63, 3.8) is 0 Å². The highest BCUT2D eigenvalue weighted by Gasteiger charge is 2.62. The molecule has 52 heavy (non-hydrogen) atoms. The van der Waals surface area contributed by atoms with Crippen LogP contribution in [-0.2, 0) is 37.3 Å². The predicted octanol–water partition coefficient (Wildman–Crippen LogP) is 6.49. The van der Waals surface area contributed by atoms with Crippen molar-refractivity contribution in [3.05, 3.63) is 76.1 Å². The Balaban J connectivity index is 1.27. The number of likely N-dealkylation sites (tertiary alicyclic amines) is 1. The van der Waals surface area contributed by atoms with E-state index in [9.17, 15) is 9.59 Å². The molecule has 9 nitrogen and oxygen atoms in total. The van der Waals surface area contributed by atoms with E-state index in [1.807, 2.05) is 0 Å². The lowest BCUT2D eigenvalue weighted by molar-refractivity contribution is -0.162. The molecule has 2 aromatic carbocycles. The van der Waals surface area contributed by atoms with Crippen LogP contribution in [0.2, 0.25) is 0 Å². The van der Waals surface area contributed by atoms with Crippen molar-refractivity contribution in [3.8, 4) is 5.75 Å². The fraction of sp³-hybridized carbons (Fsp3) is 0.535. The van der Waals surface area contributed by atoms with Crippen LogP contribution in [-0.4, -0.2) is 91.8 Å². The second-order valence-corrected chi connectivity index (χ2v) is 16.3. The normalized spacial score (nSPS) is 33.2. The summed E-state index contributed by atoms with van der Waals surface area (Å²) in [4.78, 5) is 40.8. The number of fused-ring (bicyclic) bond motifs is 9. The van der Waals surface area contributed by atoms with Crippen molar-refractivity contribution in [1.82, 2.24) is 19.8 Å². The van der Waals surface area contributed by atoms with Gasteiger partial charge in [-0.1, -0.05) is 43.2 Å². The number of rotatable bonds is 5. The molecule has 4 fully saturated rings. The lowest BCUT2D eigenvalue weighted by Gasteiger charge is -2.57. The maximum atomic E-state index is 14.2. The smallest absolute Gasteiger partial charge is 0.319 e. The van der Waals surface area contributed by atoms with E-state index in [4.69, 9.17) is 14.2 Å². The lowest BCUT2D eigenvalue weighted by atomic mass is 9.56. The number of nitrogens with one attached hydrogen (secondary N) is 2. The quantitative estimate of drug-likeness (QED) is 0.181. The highest BCUT2D eigenvalue weighted by Crippen LogP contribution is 2.56. The third-order valence-corrected chi connectivity index (χ3v) is 14.1. The molecule has 0 amide bonds. The largest absolute Gasteiger partial charge is 0.496 e. The summed E-state index contributed by atoms with van der Waals surface area (Å²) in [7, 11) is 6.99. The SMILES string of the molecule is C/C=C1\CN(C)[C@H]2Cc3c([nH]c4ccccc34)[C@H](c3cc4[nH]c5c(c4cc3OC)CCN3C[C@@H]4C[C@H](CC)[C@H]3[C@@]5(C(=O)OC)C4)C[C@@H]1[C@@H]2C(=O)OC. The van der Waals surface area contributed by atoms with Gasteiger partial charge in [0.05, 0.1) is 27.2 Å². The van der Waals surface area contributed by atoms with Crippen LogP contribution in [0, 0.1) is 23.7 Å². The number of hydrogen-bond donors (Lipinski definition) is 2. The van der Waals surface area contributed by atoms with E-state index in [0.717, 1.165) is 85.2 Å². The molecule has 9 atom stereocenters. The number of aromatic amines is 2. The number of nitrogens with zero attached hydrogens (tertiary/aromatic N) is 2. The molecule has 0 radical (unpaired) electrons. The zero-order valence-electron chi connectivity index (χ0n) is 31.4. The van der Waals surface area contributed by atoms with Crippen LogP contribution in [0.1, 0.15) is 73.5 Å². The molecule has 2 aliphatic carbocycles. The highest BCUT2D eigenvalue weighted by molar-refractivity contribution is 5.93. The molecule has 2 N–H and O–H groups in total. The first-order chi connectivity index (χ1) is 25.3. The van der Waals surface area contributed by atoms with Crippen LogP contribution in [0.15, 0.2) is 48.0 Å². The van der Waals surface area contributed by atoms with E-state index in [1.165, 1.54) is 41.3 Å². The molecular weight excluding hydrogens is 652 g/mol. The summed E-state index contributed by atoms with van der Waals surface area (Å²) >= 11 is 0. The Bertz CT molecular complexity index is 2110. The van der Waals surface area contributed by atoms with Crippen molar-refractivity contribution in [2.24, 2.45) is 23.7 Å². The predicted molar refractivity (Wildman–Crippen MR) is 202 cm³/mol. The van der Waals surface area contributed by atoms with Gasteiger partial charge in [0.25, 0.3) is 0 Å².